The molecule has 1 atom stereocenters. The molecule has 4 rings (SSSR count). The molecule has 0 fully saturated rings. The Morgan fingerprint density at radius 3 is 2.41 bits per heavy atom. The van der Waals surface area contributed by atoms with Gasteiger partial charge in [-0.1, -0.05) is 30.3 Å². The van der Waals surface area contributed by atoms with Crippen molar-refractivity contribution in [1.29, 1.82) is 0 Å². The molecule has 1 unspecified atom stereocenters. The average molecular weight is 535 g/mol. The standard InChI is InChI=1S/C26H25F3N2O5S/c1-4-36-24-14-17(10-12-23(24)35-2)22(15-37(3,33)34)31-21-11-9-16(13-20(21)30-25(31)32)18-7-5-6-8-19(18)26(27,28)29/h5-14,22H,4,15H2,1-3H3,(H,30,32). The van der Waals surface area contributed by atoms with Crippen molar-refractivity contribution in [3.8, 4) is 22.6 Å². The lowest BCUT2D eigenvalue weighted by atomic mass is 9.99. The number of hydrogen-bond donors (Lipinski definition) is 1. The second kappa shape index (κ2) is 9.97. The number of H-pyrrole nitrogens is 1. The van der Waals surface area contributed by atoms with Crippen molar-refractivity contribution in [3.63, 3.8) is 0 Å². The van der Waals surface area contributed by atoms with E-state index in [1.807, 2.05) is 0 Å². The van der Waals surface area contributed by atoms with E-state index in [1.165, 1.54) is 48.1 Å². The molecule has 0 aliphatic heterocycles. The first-order valence-electron chi connectivity index (χ1n) is 11.3. The van der Waals surface area contributed by atoms with Gasteiger partial charge in [-0.05, 0) is 53.9 Å². The van der Waals surface area contributed by atoms with Crippen molar-refractivity contribution >= 4 is 20.9 Å². The first kappa shape index (κ1) is 26.3. The Labute approximate surface area is 211 Å². The highest BCUT2D eigenvalue weighted by molar-refractivity contribution is 7.90. The Morgan fingerprint density at radius 2 is 1.76 bits per heavy atom. The van der Waals surface area contributed by atoms with Crippen LogP contribution in [0.1, 0.15) is 24.1 Å². The highest BCUT2D eigenvalue weighted by Gasteiger charge is 2.33. The van der Waals surface area contributed by atoms with Crippen LogP contribution in [-0.2, 0) is 16.0 Å². The molecule has 11 heteroatoms. The molecule has 0 bridgehead atoms. The van der Waals surface area contributed by atoms with Gasteiger partial charge in [0, 0.05) is 6.26 Å². The third kappa shape index (κ3) is 5.51. The van der Waals surface area contributed by atoms with E-state index in [1.54, 1.807) is 25.1 Å². The van der Waals surface area contributed by atoms with Crippen molar-refractivity contribution in [2.75, 3.05) is 25.7 Å². The number of rotatable bonds is 8. The van der Waals surface area contributed by atoms with E-state index < -0.39 is 39.1 Å². The molecule has 4 aromatic rings. The Kier molecular flexibility index (Phi) is 7.09. The minimum absolute atomic E-state index is 0.0327. The number of aromatic amines is 1. The van der Waals surface area contributed by atoms with Gasteiger partial charge in [-0.2, -0.15) is 13.2 Å². The van der Waals surface area contributed by atoms with Crippen LogP contribution in [-0.4, -0.2) is 43.7 Å². The molecule has 0 saturated carbocycles. The largest absolute Gasteiger partial charge is 0.493 e. The summed E-state index contributed by atoms with van der Waals surface area (Å²) in [7, 11) is -2.09. The number of sulfone groups is 1. The third-order valence-corrected chi connectivity index (χ3v) is 6.83. The normalized spacial score (nSPS) is 13.0. The molecule has 37 heavy (non-hydrogen) atoms. The lowest BCUT2D eigenvalue weighted by molar-refractivity contribution is -0.137. The SMILES string of the molecule is CCOc1cc(C(CS(C)(=O)=O)n2c(=O)[nH]c3cc(-c4ccccc4C(F)(F)F)ccc32)ccc1OC. The second-order valence-electron chi connectivity index (χ2n) is 8.53. The van der Waals surface area contributed by atoms with Gasteiger partial charge in [0.25, 0.3) is 0 Å². The number of methoxy groups -OCH3 is 1. The molecule has 0 spiro atoms. The van der Waals surface area contributed by atoms with Gasteiger partial charge in [0.2, 0.25) is 0 Å². The van der Waals surface area contributed by atoms with E-state index in [0.717, 1.165) is 12.3 Å². The highest BCUT2D eigenvalue weighted by atomic mass is 32.2. The monoisotopic (exact) mass is 534 g/mol. The molecule has 0 aliphatic rings. The number of benzene rings is 3. The van der Waals surface area contributed by atoms with Crippen molar-refractivity contribution in [2.45, 2.75) is 19.1 Å². The lowest BCUT2D eigenvalue weighted by Gasteiger charge is -2.20. The molecule has 7 nitrogen and oxygen atoms in total. The zero-order valence-corrected chi connectivity index (χ0v) is 21.1. The number of aromatic nitrogens is 2. The van der Waals surface area contributed by atoms with E-state index >= 15 is 0 Å². The Morgan fingerprint density at radius 1 is 1.03 bits per heavy atom. The van der Waals surface area contributed by atoms with E-state index in [4.69, 9.17) is 9.47 Å². The van der Waals surface area contributed by atoms with Crippen molar-refractivity contribution in [3.05, 3.63) is 82.3 Å². The number of fused-ring (bicyclic) bond motifs is 1. The summed E-state index contributed by atoms with van der Waals surface area (Å²) < 4.78 is 77.7. The lowest BCUT2D eigenvalue weighted by Crippen LogP contribution is -2.28. The van der Waals surface area contributed by atoms with E-state index in [0.29, 0.717) is 29.2 Å². The molecule has 1 N–H and O–H groups in total. The van der Waals surface area contributed by atoms with Crippen molar-refractivity contribution in [1.82, 2.24) is 9.55 Å². The van der Waals surface area contributed by atoms with Gasteiger partial charge >= 0.3 is 11.9 Å². The molecule has 196 valence electrons. The Hall–Kier alpha value is -3.73. The summed E-state index contributed by atoms with van der Waals surface area (Å²) >= 11 is 0. The molecule has 0 aliphatic carbocycles. The molecule has 1 aromatic heterocycles. The van der Waals surface area contributed by atoms with Gasteiger partial charge in [0.15, 0.2) is 11.5 Å². The predicted octanol–water partition coefficient (Wildman–Crippen LogP) is 5.06. The van der Waals surface area contributed by atoms with Crippen LogP contribution < -0.4 is 15.2 Å². The maximum atomic E-state index is 13.6. The second-order valence-corrected chi connectivity index (χ2v) is 10.7. The predicted molar refractivity (Wildman–Crippen MR) is 135 cm³/mol. The van der Waals surface area contributed by atoms with Crippen LogP contribution in [0.15, 0.2) is 65.5 Å². The summed E-state index contributed by atoms with van der Waals surface area (Å²) in [6, 6.07) is 13.6. The minimum Gasteiger partial charge on any atom is -0.493 e. The number of imidazole rings is 1. The number of nitrogens with one attached hydrogen (secondary N) is 1. The van der Waals surface area contributed by atoms with Crippen molar-refractivity contribution in [2.24, 2.45) is 0 Å². The maximum absolute atomic E-state index is 13.6. The van der Waals surface area contributed by atoms with Crippen LogP contribution in [0.5, 0.6) is 11.5 Å². The molecular formula is C26H25F3N2O5S. The quantitative estimate of drug-likeness (QED) is 0.342. The zero-order chi connectivity index (χ0) is 27.0. The van der Waals surface area contributed by atoms with Crippen LogP contribution >= 0.6 is 0 Å². The molecule has 3 aromatic carbocycles. The zero-order valence-electron chi connectivity index (χ0n) is 20.3. The van der Waals surface area contributed by atoms with Crippen LogP contribution in [0, 0.1) is 0 Å². The first-order chi connectivity index (χ1) is 17.4. The van der Waals surface area contributed by atoms with Crippen LogP contribution in [0.3, 0.4) is 0 Å². The highest BCUT2D eigenvalue weighted by Crippen LogP contribution is 2.38. The summed E-state index contributed by atoms with van der Waals surface area (Å²) in [4.78, 5) is 15.8. The van der Waals surface area contributed by atoms with Crippen molar-refractivity contribution < 1.29 is 31.1 Å². The fraction of sp³-hybridized carbons (Fsp3) is 0.269. The summed E-state index contributed by atoms with van der Waals surface area (Å²) in [5, 5.41) is 0. The van der Waals surface area contributed by atoms with Gasteiger partial charge in [-0.15, -0.1) is 0 Å². The van der Waals surface area contributed by atoms with Gasteiger partial charge in [-0.3, -0.25) is 4.57 Å². The van der Waals surface area contributed by atoms with E-state index in [9.17, 15) is 26.4 Å². The fourth-order valence-corrected chi connectivity index (χ4v) is 5.28. The van der Waals surface area contributed by atoms with Gasteiger partial charge in [-0.25, -0.2) is 13.2 Å². The van der Waals surface area contributed by atoms with Crippen LogP contribution in [0.2, 0.25) is 0 Å². The summed E-state index contributed by atoms with van der Waals surface area (Å²) in [5.74, 6) is 0.444. The van der Waals surface area contributed by atoms with Gasteiger partial charge < -0.3 is 14.5 Å². The summed E-state index contributed by atoms with van der Waals surface area (Å²) in [6.45, 7) is 2.13. The molecule has 1 heterocycles. The third-order valence-electron chi connectivity index (χ3n) is 5.90. The van der Waals surface area contributed by atoms with Crippen LogP contribution in [0.25, 0.3) is 22.2 Å². The number of hydrogen-bond acceptors (Lipinski definition) is 5. The number of alkyl halides is 3. The van der Waals surface area contributed by atoms with E-state index in [-0.39, 0.29) is 16.6 Å². The first-order valence-corrected chi connectivity index (χ1v) is 13.4. The fourth-order valence-electron chi connectivity index (χ4n) is 4.37. The maximum Gasteiger partial charge on any atom is 0.417 e. The Balaban J connectivity index is 1.89. The molecular weight excluding hydrogens is 509 g/mol. The minimum atomic E-state index is -4.56. The topological polar surface area (TPSA) is 90.4 Å². The smallest absolute Gasteiger partial charge is 0.417 e. The Bertz CT molecular complexity index is 1610. The van der Waals surface area contributed by atoms with Gasteiger partial charge in [0.1, 0.15) is 9.84 Å². The summed E-state index contributed by atoms with van der Waals surface area (Å²) in [5.41, 5.74) is -0.0564. The number of nitrogens with zero attached hydrogens (tertiary/aromatic N) is 1. The average Bonchev–Trinajstić information content (AvgIpc) is 3.16. The molecule has 0 saturated heterocycles. The van der Waals surface area contributed by atoms with Gasteiger partial charge in [0.05, 0.1) is 42.1 Å². The molecule has 0 radical (unpaired) electrons. The van der Waals surface area contributed by atoms with Crippen LogP contribution in [0.4, 0.5) is 13.2 Å². The number of ether oxygens (including phenoxy) is 2. The van der Waals surface area contributed by atoms with E-state index in [2.05, 4.69) is 4.98 Å². The molecule has 0 amide bonds. The number of halogens is 3. The summed E-state index contributed by atoms with van der Waals surface area (Å²) in [6.07, 6.45) is -3.49.